The van der Waals surface area contributed by atoms with Crippen LogP contribution < -0.4 is 5.32 Å². The van der Waals surface area contributed by atoms with E-state index in [4.69, 9.17) is 23.2 Å². The SMILES string of the molecule is CC(C)NC(=O)[C@H](C)N(Cc1ccc(Cl)c(Cl)c1)C(=O)Cc1ccc(F)cc1. The molecule has 2 aromatic rings. The second kappa shape index (κ2) is 9.89. The van der Waals surface area contributed by atoms with Crippen LogP contribution in [-0.2, 0) is 22.6 Å². The molecule has 0 aliphatic rings. The standard InChI is InChI=1S/C21H23Cl2FN2O2/c1-13(2)25-21(28)14(3)26(12-16-6-9-18(22)19(23)10-16)20(27)11-15-4-7-17(24)8-5-15/h4-10,13-14H,11-12H2,1-3H3,(H,25,28)/t14-/m0/s1. The van der Waals surface area contributed by atoms with Crippen LogP contribution in [0.25, 0.3) is 0 Å². The van der Waals surface area contributed by atoms with Crippen molar-refractivity contribution in [3.8, 4) is 0 Å². The summed E-state index contributed by atoms with van der Waals surface area (Å²) in [5.74, 6) is -0.861. The topological polar surface area (TPSA) is 49.4 Å². The molecule has 0 bridgehead atoms. The van der Waals surface area contributed by atoms with Gasteiger partial charge >= 0.3 is 0 Å². The Bertz CT molecular complexity index is 841. The molecule has 0 saturated heterocycles. The van der Waals surface area contributed by atoms with Gasteiger partial charge in [0.15, 0.2) is 0 Å². The summed E-state index contributed by atoms with van der Waals surface area (Å²) in [5, 5.41) is 3.62. The molecule has 150 valence electrons. The number of benzene rings is 2. The van der Waals surface area contributed by atoms with Gasteiger partial charge in [-0.2, -0.15) is 0 Å². The summed E-state index contributed by atoms with van der Waals surface area (Å²) in [7, 11) is 0. The summed E-state index contributed by atoms with van der Waals surface area (Å²) in [5.41, 5.74) is 1.42. The van der Waals surface area contributed by atoms with Crippen LogP contribution in [0.15, 0.2) is 42.5 Å². The highest BCUT2D eigenvalue weighted by Gasteiger charge is 2.26. The van der Waals surface area contributed by atoms with E-state index in [1.807, 2.05) is 13.8 Å². The zero-order valence-corrected chi connectivity index (χ0v) is 17.5. The minimum atomic E-state index is -0.690. The van der Waals surface area contributed by atoms with Crippen molar-refractivity contribution in [1.82, 2.24) is 10.2 Å². The molecule has 1 atom stereocenters. The van der Waals surface area contributed by atoms with Gasteiger partial charge in [0.2, 0.25) is 11.8 Å². The zero-order valence-electron chi connectivity index (χ0n) is 16.0. The number of carbonyl (C=O) groups is 2. The Morgan fingerprint density at radius 1 is 1.00 bits per heavy atom. The number of rotatable bonds is 7. The van der Waals surface area contributed by atoms with E-state index in [1.54, 1.807) is 37.3 Å². The first-order valence-corrected chi connectivity index (χ1v) is 9.71. The molecular formula is C21H23Cl2FN2O2. The summed E-state index contributed by atoms with van der Waals surface area (Å²) in [6.45, 7) is 5.59. The fourth-order valence-electron chi connectivity index (χ4n) is 2.70. The van der Waals surface area contributed by atoms with Crippen molar-refractivity contribution in [2.45, 2.75) is 45.8 Å². The van der Waals surface area contributed by atoms with E-state index in [0.29, 0.717) is 15.6 Å². The van der Waals surface area contributed by atoms with Gasteiger partial charge < -0.3 is 10.2 Å². The van der Waals surface area contributed by atoms with Crippen LogP contribution in [0, 0.1) is 5.82 Å². The van der Waals surface area contributed by atoms with Gasteiger partial charge in [-0.1, -0.05) is 41.4 Å². The van der Waals surface area contributed by atoms with Gasteiger partial charge in [0.05, 0.1) is 16.5 Å². The number of nitrogens with one attached hydrogen (secondary N) is 1. The maximum atomic E-state index is 13.1. The molecule has 0 radical (unpaired) electrons. The first-order chi connectivity index (χ1) is 13.2. The molecule has 2 aromatic carbocycles. The molecule has 0 fully saturated rings. The fourth-order valence-corrected chi connectivity index (χ4v) is 3.02. The molecule has 0 aromatic heterocycles. The summed E-state index contributed by atoms with van der Waals surface area (Å²) in [6.07, 6.45) is 0.0564. The van der Waals surface area contributed by atoms with Gasteiger partial charge in [-0.15, -0.1) is 0 Å². The average Bonchev–Trinajstić information content (AvgIpc) is 2.63. The number of carbonyl (C=O) groups excluding carboxylic acids is 2. The minimum Gasteiger partial charge on any atom is -0.352 e. The lowest BCUT2D eigenvalue weighted by molar-refractivity contribution is -0.140. The largest absolute Gasteiger partial charge is 0.352 e. The lowest BCUT2D eigenvalue weighted by Gasteiger charge is -2.29. The summed E-state index contributed by atoms with van der Waals surface area (Å²) >= 11 is 12.0. The van der Waals surface area contributed by atoms with Gasteiger partial charge in [0.25, 0.3) is 0 Å². The van der Waals surface area contributed by atoms with Crippen molar-refractivity contribution in [1.29, 1.82) is 0 Å². The van der Waals surface area contributed by atoms with Crippen LogP contribution in [0.4, 0.5) is 4.39 Å². The molecule has 0 aliphatic carbocycles. The van der Waals surface area contributed by atoms with E-state index in [1.165, 1.54) is 17.0 Å². The van der Waals surface area contributed by atoms with Gasteiger partial charge in [-0.25, -0.2) is 4.39 Å². The Morgan fingerprint density at radius 2 is 1.61 bits per heavy atom. The van der Waals surface area contributed by atoms with E-state index in [9.17, 15) is 14.0 Å². The summed E-state index contributed by atoms with van der Waals surface area (Å²) < 4.78 is 13.1. The number of amides is 2. The molecule has 0 heterocycles. The molecular weight excluding hydrogens is 402 g/mol. The zero-order chi connectivity index (χ0) is 20.8. The molecule has 0 spiro atoms. The van der Waals surface area contributed by atoms with Gasteiger partial charge in [0, 0.05) is 12.6 Å². The maximum absolute atomic E-state index is 13.1. The van der Waals surface area contributed by atoms with E-state index in [2.05, 4.69) is 5.32 Å². The molecule has 7 heteroatoms. The lowest BCUT2D eigenvalue weighted by Crippen LogP contribution is -2.49. The second-order valence-electron chi connectivity index (χ2n) is 6.91. The Hall–Kier alpha value is -2.11. The average molecular weight is 425 g/mol. The second-order valence-corrected chi connectivity index (χ2v) is 7.73. The molecule has 0 unspecified atom stereocenters. The van der Waals surface area contributed by atoms with Gasteiger partial charge in [0.1, 0.15) is 11.9 Å². The number of hydrogen-bond donors (Lipinski definition) is 1. The fraction of sp³-hybridized carbons (Fsp3) is 0.333. The van der Waals surface area contributed by atoms with Crippen LogP contribution in [0.3, 0.4) is 0 Å². The van der Waals surface area contributed by atoms with Crippen molar-refractivity contribution >= 4 is 35.0 Å². The highest BCUT2D eigenvalue weighted by Crippen LogP contribution is 2.24. The van der Waals surface area contributed by atoms with Crippen molar-refractivity contribution in [3.05, 3.63) is 69.5 Å². The number of halogens is 3. The Labute approximate surface area is 174 Å². The third-order valence-corrected chi connectivity index (χ3v) is 4.94. The Kier molecular flexibility index (Phi) is 7.84. The van der Waals surface area contributed by atoms with E-state index in [-0.39, 0.29) is 36.6 Å². The van der Waals surface area contributed by atoms with Crippen molar-refractivity contribution in [2.24, 2.45) is 0 Å². The normalized spacial score (nSPS) is 12.0. The van der Waals surface area contributed by atoms with Crippen molar-refractivity contribution in [3.63, 3.8) is 0 Å². The quantitative estimate of drug-likeness (QED) is 0.704. The lowest BCUT2D eigenvalue weighted by atomic mass is 10.1. The monoisotopic (exact) mass is 424 g/mol. The Balaban J connectivity index is 2.25. The molecule has 2 amide bonds. The highest BCUT2D eigenvalue weighted by molar-refractivity contribution is 6.42. The summed E-state index contributed by atoms with van der Waals surface area (Å²) in [4.78, 5) is 27.0. The predicted molar refractivity (Wildman–Crippen MR) is 110 cm³/mol. The highest BCUT2D eigenvalue weighted by atomic mass is 35.5. The van der Waals surface area contributed by atoms with E-state index < -0.39 is 6.04 Å². The van der Waals surface area contributed by atoms with E-state index >= 15 is 0 Å². The molecule has 28 heavy (non-hydrogen) atoms. The van der Waals surface area contributed by atoms with Gasteiger partial charge in [-0.3, -0.25) is 9.59 Å². The first kappa shape index (κ1) is 22.2. The number of hydrogen-bond acceptors (Lipinski definition) is 2. The molecule has 4 nitrogen and oxygen atoms in total. The first-order valence-electron chi connectivity index (χ1n) is 8.95. The van der Waals surface area contributed by atoms with E-state index in [0.717, 1.165) is 5.56 Å². The Morgan fingerprint density at radius 3 is 2.18 bits per heavy atom. The van der Waals surface area contributed by atoms with Crippen molar-refractivity contribution < 1.29 is 14.0 Å². The number of nitrogens with zero attached hydrogens (tertiary/aromatic N) is 1. The summed E-state index contributed by atoms with van der Waals surface area (Å²) in [6, 6.07) is 10.1. The molecule has 0 aliphatic heterocycles. The van der Waals surface area contributed by atoms with Crippen molar-refractivity contribution in [2.75, 3.05) is 0 Å². The van der Waals surface area contributed by atoms with Crippen LogP contribution in [0.1, 0.15) is 31.9 Å². The van der Waals surface area contributed by atoms with Crippen LogP contribution >= 0.6 is 23.2 Å². The minimum absolute atomic E-state index is 0.0472. The maximum Gasteiger partial charge on any atom is 0.242 e. The third-order valence-electron chi connectivity index (χ3n) is 4.20. The van der Waals surface area contributed by atoms with Crippen LogP contribution in [-0.4, -0.2) is 28.8 Å². The predicted octanol–water partition coefficient (Wildman–Crippen LogP) is 4.62. The van der Waals surface area contributed by atoms with Gasteiger partial charge in [-0.05, 0) is 56.2 Å². The molecule has 2 rings (SSSR count). The molecule has 1 N–H and O–H groups in total. The smallest absolute Gasteiger partial charge is 0.242 e. The molecule has 0 saturated carbocycles. The van der Waals surface area contributed by atoms with Crippen LogP contribution in [0.2, 0.25) is 10.0 Å². The third kappa shape index (κ3) is 6.21. The van der Waals surface area contributed by atoms with Crippen LogP contribution in [0.5, 0.6) is 0 Å².